The van der Waals surface area contributed by atoms with E-state index >= 15 is 0 Å². The second-order valence-electron chi connectivity index (χ2n) is 2.53. The number of carbonyl (C=O) groups is 2. The van der Waals surface area contributed by atoms with E-state index in [1.807, 2.05) is 0 Å². The van der Waals surface area contributed by atoms with Crippen molar-refractivity contribution < 1.29 is 29.2 Å². The molecule has 7 nitrogen and oxygen atoms in total. The highest BCUT2D eigenvalue weighted by atomic mass is 17.2. The molecule has 7 heteroatoms. The van der Waals surface area contributed by atoms with Crippen molar-refractivity contribution in [3.8, 4) is 0 Å². The Labute approximate surface area is 87.2 Å². The number of hydrogen-bond acceptors (Lipinski definition) is 6. The van der Waals surface area contributed by atoms with Crippen LogP contribution in [0.4, 0.5) is 0 Å². The minimum absolute atomic E-state index is 0.118. The average molecular weight is 221 g/mol. The second kappa shape index (κ2) is 8.16. The monoisotopic (exact) mass is 221 g/mol. The van der Waals surface area contributed by atoms with E-state index in [1.54, 1.807) is 6.92 Å². The third-order valence-corrected chi connectivity index (χ3v) is 1.48. The van der Waals surface area contributed by atoms with Gasteiger partial charge in [-0.3, -0.25) is 14.9 Å². The molecule has 1 unspecified atom stereocenters. The number of ether oxygens (including phenoxy) is 1. The van der Waals surface area contributed by atoms with Crippen LogP contribution in [0.15, 0.2) is 0 Å². The van der Waals surface area contributed by atoms with Crippen LogP contribution in [0.25, 0.3) is 0 Å². The van der Waals surface area contributed by atoms with Gasteiger partial charge in [0.15, 0.2) is 0 Å². The molecule has 0 bridgehead atoms. The Morgan fingerprint density at radius 1 is 1.47 bits per heavy atom. The van der Waals surface area contributed by atoms with Crippen LogP contribution in [-0.2, 0) is 24.1 Å². The Balaban J connectivity index is 3.93. The standard InChI is InChI=1S/C8H15NO6/c1-3-14-7(10)4-6(8(11)12)9-5-15-13-2/h6,9H,3-5H2,1-2H3,(H,11,12). The smallest absolute Gasteiger partial charge is 0.321 e. The van der Waals surface area contributed by atoms with E-state index in [9.17, 15) is 9.59 Å². The zero-order valence-electron chi connectivity index (χ0n) is 8.69. The molecular formula is C8H15NO6. The Kier molecular flexibility index (Phi) is 7.51. The molecule has 0 aromatic carbocycles. The second-order valence-corrected chi connectivity index (χ2v) is 2.53. The molecule has 0 radical (unpaired) electrons. The van der Waals surface area contributed by atoms with Crippen molar-refractivity contribution in [2.75, 3.05) is 20.4 Å². The fraction of sp³-hybridized carbons (Fsp3) is 0.750. The number of hydrogen-bond donors (Lipinski definition) is 2. The Hall–Kier alpha value is -1.18. The summed E-state index contributed by atoms with van der Waals surface area (Å²) in [5.74, 6) is -1.72. The van der Waals surface area contributed by atoms with Crippen LogP contribution in [0.5, 0.6) is 0 Å². The summed E-state index contributed by atoms with van der Waals surface area (Å²) in [4.78, 5) is 30.3. The van der Waals surface area contributed by atoms with Gasteiger partial charge < -0.3 is 9.84 Å². The molecule has 0 heterocycles. The number of rotatable bonds is 8. The van der Waals surface area contributed by atoms with Gasteiger partial charge in [0, 0.05) is 0 Å². The normalized spacial score (nSPS) is 12.1. The molecule has 0 rings (SSSR count). The van der Waals surface area contributed by atoms with E-state index in [0.29, 0.717) is 0 Å². The molecule has 1 atom stereocenters. The van der Waals surface area contributed by atoms with E-state index in [4.69, 9.17) is 5.11 Å². The van der Waals surface area contributed by atoms with Crippen molar-refractivity contribution in [2.45, 2.75) is 19.4 Å². The molecule has 0 saturated heterocycles. The minimum Gasteiger partial charge on any atom is -0.480 e. The summed E-state index contributed by atoms with van der Waals surface area (Å²) >= 11 is 0. The maximum absolute atomic E-state index is 11.0. The van der Waals surface area contributed by atoms with Crippen molar-refractivity contribution in [1.82, 2.24) is 5.32 Å². The van der Waals surface area contributed by atoms with E-state index in [1.165, 1.54) is 7.11 Å². The molecule has 0 aliphatic carbocycles. The number of carboxylic acids is 1. The highest BCUT2D eigenvalue weighted by Gasteiger charge is 2.21. The summed E-state index contributed by atoms with van der Waals surface area (Å²) < 4.78 is 4.61. The summed E-state index contributed by atoms with van der Waals surface area (Å²) in [5.41, 5.74) is 0. The molecule has 0 spiro atoms. The third-order valence-electron chi connectivity index (χ3n) is 1.48. The first-order valence-electron chi connectivity index (χ1n) is 4.39. The predicted octanol–water partition coefficient (Wildman–Crippen LogP) is -0.482. The highest BCUT2D eigenvalue weighted by Crippen LogP contribution is 1.95. The molecule has 0 aromatic rings. The van der Waals surface area contributed by atoms with Crippen molar-refractivity contribution >= 4 is 11.9 Å². The summed E-state index contributed by atoms with van der Waals surface area (Å²) in [5, 5.41) is 11.2. The molecule has 0 aliphatic heterocycles. The summed E-state index contributed by atoms with van der Waals surface area (Å²) in [6.45, 7) is 1.75. The van der Waals surface area contributed by atoms with Gasteiger partial charge in [-0.2, -0.15) is 0 Å². The molecule has 88 valence electrons. The SMILES string of the molecule is CCOC(=O)CC(NCOOC)C(=O)O. The average Bonchev–Trinajstić information content (AvgIpc) is 2.16. The van der Waals surface area contributed by atoms with E-state index in [-0.39, 0.29) is 19.8 Å². The summed E-state index contributed by atoms with van der Waals surface area (Å²) in [6, 6.07) is -1.04. The lowest BCUT2D eigenvalue weighted by molar-refractivity contribution is -0.278. The third kappa shape index (κ3) is 6.83. The Bertz CT molecular complexity index is 207. The molecule has 0 saturated carbocycles. The van der Waals surface area contributed by atoms with Crippen LogP contribution in [0.2, 0.25) is 0 Å². The molecule has 0 fully saturated rings. The quantitative estimate of drug-likeness (QED) is 0.188. The number of aliphatic carboxylic acids is 1. The number of carbonyl (C=O) groups excluding carboxylic acids is 1. The van der Waals surface area contributed by atoms with Crippen molar-refractivity contribution in [3.05, 3.63) is 0 Å². The summed E-state index contributed by atoms with van der Waals surface area (Å²) in [7, 11) is 1.29. The van der Waals surface area contributed by atoms with Crippen LogP contribution < -0.4 is 5.32 Å². The zero-order chi connectivity index (χ0) is 11.7. The maximum Gasteiger partial charge on any atom is 0.321 e. The van der Waals surface area contributed by atoms with Crippen LogP contribution >= 0.6 is 0 Å². The molecule has 0 amide bonds. The van der Waals surface area contributed by atoms with Crippen molar-refractivity contribution in [2.24, 2.45) is 0 Å². The number of esters is 1. The Morgan fingerprint density at radius 3 is 2.60 bits per heavy atom. The first-order chi connectivity index (χ1) is 7.11. The predicted molar refractivity (Wildman–Crippen MR) is 48.8 cm³/mol. The topological polar surface area (TPSA) is 94.1 Å². The molecule has 15 heavy (non-hydrogen) atoms. The van der Waals surface area contributed by atoms with Gasteiger partial charge in [0.2, 0.25) is 0 Å². The van der Waals surface area contributed by atoms with Gasteiger partial charge in [-0.05, 0) is 6.92 Å². The maximum atomic E-state index is 11.0. The number of carboxylic acid groups (broad SMARTS) is 1. The lowest BCUT2D eigenvalue weighted by Gasteiger charge is -2.12. The minimum atomic E-state index is -1.15. The van der Waals surface area contributed by atoms with Gasteiger partial charge in [-0.15, -0.1) is 0 Å². The van der Waals surface area contributed by atoms with Gasteiger partial charge in [0.1, 0.15) is 12.8 Å². The van der Waals surface area contributed by atoms with Crippen LogP contribution in [0.1, 0.15) is 13.3 Å². The fourth-order valence-electron chi connectivity index (χ4n) is 0.827. The first-order valence-corrected chi connectivity index (χ1v) is 4.39. The highest BCUT2D eigenvalue weighted by molar-refractivity contribution is 5.81. The van der Waals surface area contributed by atoms with E-state index < -0.39 is 18.0 Å². The van der Waals surface area contributed by atoms with Crippen LogP contribution in [0.3, 0.4) is 0 Å². The van der Waals surface area contributed by atoms with Crippen molar-refractivity contribution in [3.63, 3.8) is 0 Å². The van der Waals surface area contributed by atoms with Gasteiger partial charge >= 0.3 is 11.9 Å². The number of nitrogens with one attached hydrogen (secondary N) is 1. The Morgan fingerprint density at radius 2 is 2.13 bits per heavy atom. The molecule has 0 aromatic heterocycles. The van der Waals surface area contributed by atoms with Gasteiger partial charge in [0.05, 0.1) is 20.1 Å². The lowest BCUT2D eigenvalue weighted by atomic mass is 10.2. The summed E-state index contributed by atoms with van der Waals surface area (Å²) in [6.07, 6.45) is -0.254. The van der Waals surface area contributed by atoms with Gasteiger partial charge in [-0.25, -0.2) is 9.78 Å². The lowest BCUT2D eigenvalue weighted by Crippen LogP contribution is -2.40. The van der Waals surface area contributed by atoms with Crippen molar-refractivity contribution in [1.29, 1.82) is 0 Å². The molecule has 0 aliphatic rings. The van der Waals surface area contributed by atoms with Crippen LogP contribution in [0, 0.1) is 0 Å². The van der Waals surface area contributed by atoms with E-state index in [0.717, 1.165) is 0 Å². The van der Waals surface area contributed by atoms with Gasteiger partial charge in [0.25, 0.3) is 0 Å². The zero-order valence-corrected chi connectivity index (χ0v) is 8.69. The van der Waals surface area contributed by atoms with Gasteiger partial charge in [-0.1, -0.05) is 0 Å². The molecule has 2 N–H and O–H groups in total. The molecular weight excluding hydrogens is 206 g/mol. The fourth-order valence-corrected chi connectivity index (χ4v) is 0.827. The van der Waals surface area contributed by atoms with Crippen LogP contribution in [-0.4, -0.2) is 43.5 Å². The van der Waals surface area contributed by atoms with E-state index in [2.05, 4.69) is 19.8 Å². The largest absolute Gasteiger partial charge is 0.480 e. The first kappa shape index (κ1) is 13.8.